The molecule has 104 valence electrons. The summed E-state index contributed by atoms with van der Waals surface area (Å²) in [6.07, 6.45) is 0.353. The van der Waals surface area contributed by atoms with Crippen molar-refractivity contribution in [3.63, 3.8) is 0 Å². The molecule has 0 spiro atoms. The van der Waals surface area contributed by atoms with Gasteiger partial charge in [-0.05, 0) is 35.9 Å². The molecule has 2 nitrogen and oxygen atoms in total. The molecule has 1 heterocycles. The van der Waals surface area contributed by atoms with Crippen molar-refractivity contribution < 1.29 is 9.13 Å². The second-order valence-corrected chi connectivity index (χ2v) is 5.62. The minimum absolute atomic E-state index is 0.210. The Hall–Kier alpha value is -1.29. The minimum Gasteiger partial charge on any atom is -0.485 e. The zero-order valence-corrected chi connectivity index (χ0v) is 12.0. The van der Waals surface area contributed by atoms with Gasteiger partial charge >= 0.3 is 0 Å². The van der Waals surface area contributed by atoms with Gasteiger partial charge in [-0.15, -0.1) is 0 Å². The molecule has 0 aliphatic carbocycles. The van der Waals surface area contributed by atoms with Crippen molar-refractivity contribution in [3.8, 4) is 5.75 Å². The van der Waals surface area contributed by atoms with Gasteiger partial charge in [-0.1, -0.05) is 29.3 Å². The van der Waals surface area contributed by atoms with Gasteiger partial charge in [0.15, 0.2) is 0 Å². The van der Waals surface area contributed by atoms with Crippen LogP contribution in [0.25, 0.3) is 0 Å². The lowest BCUT2D eigenvalue weighted by Crippen LogP contribution is -2.24. The first kappa shape index (κ1) is 13.7. The summed E-state index contributed by atoms with van der Waals surface area (Å²) in [7, 11) is 0. The van der Waals surface area contributed by atoms with Crippen LogP contribution in [0.4, 0.5) is 4.39 Å². The average molecular weight is 312 g/mol. The molecule has 0 fully saturated rings. The molecule has 0 bridgehead atoms. The number of halogens is 3. The predicted octanol–water partition coefficient (Wildman–Crippen LogP) is 4.66. The van der Waals surface area contributed by atoms with Crippen LogP contribution in [-0.2, 0) is 0 Å². The van der Waals surface area contributed by atoms with Gasteiger partial charge in [0.1, 0.15) is 17.7 Å². The van der Waals surface area contributed by atoms with E-state index in [2.05, 4.69) is 0 Å². The molecule has 5 heteroatoms. The molecule has 2 aromatic carbocycles. The van der Waals surface area contributed by atoms with Crippen molar-refractivity contribution >= 4 is 23.2 Å². The number of nitrogens with two attached hydrogens (primary N) is 1. The number of fused-ring (bicyclic) bond motifs is 1. The van der Waals surface area contributed by atoms with E-state index in [0.717, 1.165) is 5.56 Å². The van der Waals surface area contributed by atoms with Crippen molar-refractivity contribution in [1.29, 1.82) is 0 Å². The number of hydrogen-bond donors (Lipinski definition) is 1. The highest BCUT2D eigenvalue weighted by Crippen LogP contribution is 2.40. The largest absolute Gasteiger partial charge is 0.485 e. The Balaban J connectivity index is 1.94. The Bertz CT molecular complexity index is 662. The Morgan fingerprint density at radius 1 is 1.10 bits per heavy atom. The highest BCUT2D eigenvalue weighted by atomic mass is 35.5. The minimum atomic E-state index is -0.309. The summed E-state index contributed by atoms with van der Waals surface area (Å²) >= 11 is 11.9. The number of hydrogen-bond acceptors (Lipinski definition) is 2. The maximum Gasteiger partial charge on any atom is 0.126 e. The fourth-order valence-corrected chi connectivity index (χ4v) is 2.70. The van der Waals surface area contributed by atoms with Crippen LogP contribution < -0.4 is 10.5 Å². The SMILES string of the molecule is NC1CC(c2ccc(Cl)c(Cl)c2)Oc2ccc(F)cc21. The van der Waals surface area contributed by atoms with Crippen LogP contribution in [0.5, 0.6) is 5.75 Å². The maximum absolute atomic E-state index is 13.2. The Morgan fingerprint density at radius 3 is 2.65 bits per heavy atom. The maximum atomic E-state index is 13.2. The van der Waals surface area contributed by atoms with Gasteiger partial charge in [0.05, 0.1) is 10.0 Å². The Morgan fingerprint density at radius 2 is 1.90 bits per heavy atom. The van der Waals surface area contributed by atoms with Gasteiger partial charge in [0.2, 0.25) is 0 Å². The van der Waals surface area contributed by atoms with Crippen molar-refractivity contribution in [2.75, 3.05) is 0 Å². The van der Waals surface area contributed by atoms with Crippen LogP contribution in [0, 0.1) is 5.82 Å². The van der Waals surface area contributed by atoms with Gasteiger partial charge in [-0.2, -0.15) is 0 Å². The van der Waals surface area contributed by atoms with Gasteiger partial charge in [0, 0.05) is 18.0 Å². The van der Waals surface area contributed by atoms with E-state index in [1.807, 2.05) is 6.07 Å². The number of ether oxygens (including phenoxy) is 1. The monoisotopic (exact) mass is 311 g/mol. The smallest absolute Gasteiger partial charge is 0.126 e. The molecule has 0 aromatic heterocycles. The van der Waals surface area contributed by atoms with Gasteiger partial charge in [-0.25, -0.2) is 4.39 Å². The second-order valence-electron chi connectivity index (χ2n) is 4.80. The van der Waals surface area contributed by atoms with E-state index in [1.165, 1.54) is 12.1 Å². The fraction of sp³-hybridized carbons (Fsp3) is 0.200. The van der Waals surface area contributed by atoms with Gasteiger partial charge in [0.25, 0.3) is 0 Å². The normalized spacial score (nSPS) is 21.2. The number of benzene rings is 2. The predicted molar refractivity (Wildman–Crippen MR) is 77.8 cm³/mol. The molecular weight excluding hydrogens is 300 g/mol. The Kier molecular flexibility index (Phi) is 3.59. The topological polar surface area (TPSA) is 35.2 Å². The van der Waals surface area contributed by atoms with Crippen LogP contribution in [-0.4, -0.2) is 0 Å². The summed E-state index contributed by atoms with van der Waals surface area (Å²) in [5.74, 6) is 0.303. The molecule has 0 amide bonds. The molecule has 0 saturated carbocycles. The summed E-state index contributed by atoms with van der Waals surface area (Å²) in [4.78, 5) is 0. The fourth-order valence-electron chi connectivity index (χ4n) is 2.39. The molecule has 2 atom stereocenters. The van der Waals surface area contributed by atoms with Gasteiger partial charge in [-0.3, -0.25) is 0 Å². The summed E-state index contributed by atoms with van der Waals surface area (Å²) in [6, 6.07) is 9.49. The van der Waals surface area contributed by atoms with Crippen LogP contribution in [0.2, 0.25) is 10.0 Å². The van der Waals surface area contributed by atoms with E-state index < -0.39 is 0 Å². The molecule has 1 aliphatic heterocycles. The first-order valence-corrected chi connectivity index (χ1v) is 6.97. The molecule has 2 aromatic rings. The van der Waals surface area contributed by atoms with E-state index >= 15 is 0 Å². The first-order valence-electron chi connectivity index (χ1n) is 6.21. The summed E-state index contributed by atoms with van der Waals surface area (Å²) in [5.41, 5.74) is 7.71. The molecule has 3 rings (SSSR count). The van der Waals surface area contributed by atoms with Crippen LogP contribution in [0.1, 0.15) is 29.7 Å². The van der Waals surface area contributed by atoms with Gasteiger partial charge < -0.3 is 10.5 Å². The average Bonchev–Trinajstić information content (AvgIpc) is 2.42. The summed E-state index contributed by atoms with van der Waals surface area (Å²) in [6.45, 7) is 0. The zero-order chi connectivity index (χ0) is 14.3. The van der Waals surface area contributed by atoms with Crippen LogP contribution >= 0.6 is 23.2 Å². The van der Waals surface area contributed by atoms with Crippen molar-refractivity contribution in [2.24, 2.45) is 5.73 Å². The van der Waals surface area contributed by atoms with Crippen molar-refractivity contribution in [1.82, 2.24) is 0 Å². The van der Waals surface area contributed by atoms with E-state index in [0.29, 0.717) is 27.8 Å². The zero-order valence-electron chi connectivity index (χ0n) is 10.4. The second kappa shape index (κ2) is 5.24. The van der Waals surface area contributed by atoms with E-state index in [1.54, 1.807) is 18.2 Å². The molecule has 0 radical (unpaired) electrons. The van der Waals surface area contributed by atoms with E-state index in [4.69, 9.17) is 33.7 Å². The first-order chi connectivity index (χ1) is 9.54. The summed E-state index contributed by atoms with van der Waals surface area (Å²) < 4.78 is 19.1. The molecule has 2 unspecified atom stereocenters. The third-order valence-electron chi connectivity index (χ3n) is 3.42. The standard InChI is InChI=1S/C15H12Cl2FNO/c16-11-3-1-8(5-12(11)17)15-7-13(19)10-6-9(18)2-4-14(10)20-15/h1-6,13,15H,7,19H2. The molecule has 2 N–H and O–H groups in total. The third-order valence-corrected chi connectivity index (χ3v) is 4.16. The van der Waals surface area contributed by atoms with E-state index in [-0.39, 0.29) is 18.0 Å². The molecule has 20 heavy (non-hydrogen) atoms. The molecule has 1 aliphatic rings. The Labute approximate surface area is 126 Å². The third kappa shape index (κ3) is 2.49. The van der Waals surface area contributed by atoms with Crippen LogP contribution in [0.3, 0.4) is 0 Å². The quantitative estimate of drug-likeness (QED) is 0.831. The van der Waals surface area contributed by atoms with Crippen LogP contribution in [0.15, 0.2) is 36.4 Å². The molecular formula is C15H12Cl2FNO. The van der Waals surface area contributed by atoms with Crippen molar-refractivity contribution in [3.05, 3.63) is 63.4 Å². The lowest BCUT2D eigenvalue weighted by Gasteiger charge is -2.30. The molecule has 0 saturated heterocycles. The lowest BCUT2D eigenvalue weighted by atomic mass is 9.93. The highest BCUT2D eigenvalue weighted by Gasteiger charge is 2.27. The number of rotatable bonds is 1. The lowest BCUT2D eigenvalue weighted by molar-refractivity contribution is 0.161. The van der Waals surface area contributed by atoms with Crippen molar-refractivity contribution in [2.45, 2.75) is 18.6 Å². The highest BCUT2D eigenvalue weighted by molar-refractivity contribution is 6.42. The summed E-state index contributed by atoms with van der Waals surface area (Å²) in [5, 5.41) is 0.976. The van der Waals surface area contributed by atoms with E-state index in [9.17, 15) is 4.39 Å².